The molecule has 4 aliphatic rings. The lowest BCUT2D eigenvalue weighted by molar-refractivity contribution is -0.125. The molecule has 0 aliphatic heterocycles. The Balaban J connectivity index is 1.52. The fourth-order valence-corrected chi connectivity index (χ4v) is 4.82. The first-order valence-corrected chi connectivity index (χ1v) is 7.66. The normalized spacial score (nSPS) is 41.1. The maximum Gasteiger partial charge on any atom is 0.220 e. The van der Waals surface area contributed by atoms with Gasteiger partial charge in [0.15, 0.2) is 0 Å². The number of hydrogen-bond donors (Lipinski definition) is 2. The van der Waals surface area contributed by atoms with E-state index >= 15 is 0 Å². The smallest absolute Gasteiger partial charge is 0.220 e. The summed E-state index contributed by atoms with van der Waals surface area (Å²) in [6, 6.07) is 0.472. The van der Waals surface area contributed by atoms with Gasteiger partial charge in [0.25, 0.3) is 0 Å². The van der Waals surface area contributed by atoms with Crippen molar-refractivity contribution in [2.75, 3.05) is 6.61 Å². The molecule has 0 spiro atoms. The predicted octanol–water partition coefficient (Wildman–Crippen LogP) is 2.09. The predicted molar refractivity (Wildman–Crippen MR) is 69.9 cm³/mol. The second-order valence-corrected chi connectivity index (χ2v) is 6.70. The fourth-order valence-electron chi connectivity index (χ4n) is 4.82. The highest BCUT2D eigenvalue weighted by Gasteiger charge is 2.48. The quantitative estimate of drug-likeness (QED) is 0.735. The molecular weight excluding hydrogens is 226 g/mol. The highest BCUT2D eigenvalue weighted by molar-refractivity contribution is 5.76. The van der Waals surface area contributed by atoms with Gasteiger partial charge in [-0.2, -0.15) is 0 Å². The Bertz CT molecular complexity index is 288. The van der Waals surface area contributed by atoms with Crippen LogP contribution in [0.3, 0.4) is 0 Å². The van der Waals surface area contributed by atoms with Gasteiger partial charge in [-0.15, -0.1) is 0 Å². The second kappa shape index (κ2) is 5.20. The lowest BCUT2D eigenvalue weighted by atomic mass is 9.54. The van der Waals surface area contributed by atoms with E-state index in [-0.39, 0.29) is 12.5 Å². The number of carbonyl (C=O) groups is 1. The molecule has 4 saturated carbocycles. The van der Waals surface area contributed by atoms with E-state index in [4.69, 9.17) is 5.11 Å². The third-order valence-corrected chi connectivity index (χ3v) is 5.37. The molecule has 4 fully saturated rings. The summed E-state index contributed by atoms with van der Waals surface area (Å²) < 4.78 is 0. The van der Waals surface area contributed by atoms with E-state index in [1.54, 1.807) is 0 Å². The lowest BCUT2D eigenvalue weighted by Gasteiger charge is -2.54. The van der Waals surface area contributed by atoms with Crippen molar-refractivity contribution >= 4 is 5.91 Å². The zero-order chi connectivity index (χ0) is 12.5. The molecule has 0 unspecified atom stereocenters. The van der Waals surface area contributed by atoms with Gasteiger partial charge in [-0.3, -0.25) is 4.79 Å². The van der Waals surface area contributed by atoms with Crippen LogP contribution >= 0.6 is 0 Å². The molecule has 0 aromatic carbocycles. The molecule has 2 N–H and O–H groups in total. The van der Waals surface area contributed by atoms with Crippen molar-refractivity contribution in [3.05, 3.63) is 0 Å². The van der Waals surface area contributed by atoms with Crippen LogP contribution in [-0.4, -0.2) is 23.7 Å². The minimum absolute atomic E-state index is 0.200. The number of aliphatic hydroxyl groups excluding tert-OH is 1. The van der Waals surface area contributed by atoms with E-state index in [0.29, 0.717) is 12.5 Å². The van der Waals surface area contributed by atoms with E-state index in [1.165, 1.54) is 32.1 Å². The van der Waals surface area contributed by atoms with Crippen LogP contribution in [0.4, 0.5) is 0 Å². The van der Waals surface area contributed by atoms with Gasteiger partial charge >= 0.3 is 0 Å². The number of unbranched alkanes of at least 4 members (excludes halogenated alkanes) is 1. The first kappa shape index (κ1) is 12.5. The molecule has 4 aliphatic carbocycles. The standard InChI is InChI=1S/C15H25NO2/c17-4-2-1-3-14(18)16-15-12-6-10-5-11(8-12)9-13(15)7-10/h10-13,15,17H,1-9H2,(H,16,18). The summed E-state index contributed by atoms with van der Waals surface area (Å²) in [7, 11) is 0. The molecule has 4 bridgehead atoms. The van der Waals surface area contributed by atoms with Crippen LogP contribution < -0.4 is 5.32 Å². The first-order chi connectivity index (χ1) is 8.76. The van der Waals surface area contributed by atoms with Crippen LogP contribution in [0.15, 0.2) is 0 Å². The molecule has 4 rings (SSSR count). The molecule has 3 heteroatoms. The van der Waals surface area contributed by atoms with Gasteiger partial charge in [0.05, 0.1) is 0 Å². The largest absolute Gasteiger partial charge is 0.396 e. The van der Waals surface area contributed by atoms with Gasteiger partial charge in [-0.1, -0.05) is 0 Å². The van der Waals surface area contributed by atoms with Crippen LogP contribution in [0.25, 0.3) is 0 Å². The Morgan fingerprint density at radius 2 is 1.61 bits per heavy atom. The highest BCUT2D eigenvalue weighted by atomic mass is 16.2. The molecule has 1 amide bonds. The number of hydrogen-bond acceptors (Lipinski definition) is 2. The van der Waals surface area contributed by atoms with Crippen LogP contribution in [-0.2, 0) is 4.79 Å². The third-order valence-electron chi connectivity index (χ3n) is 5.37. The second-order valence-electron chi connectivity index (χ2n) is 6.70. The Kier molecular flexibility index (Phi) is 3.60. The lowest BCUT2D eigenvalue weighted by Crippen LogP contribution is -2.55. The minimum Gasteiger partial charge on any atom is -0.396 e. The monoisotopic (exact) mass is 251 g/mol. The molecule has 0 aromatic rings. The zero-order valence-electron chi connectivity index (χ0n) is 11.1. The van der Waals surface area contributed by atoms with E-state index in [2.05, 4.69) is 5.32 Å². The summed E-state index contributed by atoms with van der Waals surface area (Å²) in [4.78, 5) is 11.9. The molecule has 0 saturated heterocycles. The molecule has 0 heterocycles. The minimum atomic E-state index is 0.200. The Hall–Kier alpha value is -0.570. The molecule has 0 aromatic heterocycles. The Morgan fingerprint density at radius 1 is 1.00 bits per heavy atom. The summed E-state index contributed by atoms with van der Waals surface area (Å²) in [6.07, 6.45) is 9.03. The Morgan fingerprint density at radius 3 is 2.17 bits per heavy atom. The van der Waals surface area contributed by atoms with Crippen LogP contribution in [0.2, 0.25) is 0 Å². The van der Waals surface area contributed by atoms with Crippen molar-refractivity contribution in [3.8, 4) is 0 Å². The van der Waals surface area contributed by atoms with Crippen LogP contribution in [0.1, 0.15) is 51.4 Å². The van der Waals surface area contributed by atoms with Crippen LogP contribution in [0, 0.1) is 23.7 Å². The van der Waals surface area contributed by atoms with E-state index in [9.17, 15) is 4.79 Å². The maximum absolute atomic E-state index is 11.9. The maximum atomic E-state index is 11.9. The molecular formula is C15H25NO2. The van der Waals surface area contributed by atoms with Crippen molar-refractivity contribution in [2.45, 2.75) is 57.4 Å². The van der Waals surface area contributed by atoms with E-state index in [0.717, 1.165) is 36.5 Å². The first-order valence-electron chi connectivity index (χ1n) is 7.66. The number of amides is 1. The summed E-state index contributed by atoms with van der Waals surface area (Å²) in [5.41, 5.74) is 0. The van der Waals surface area contributed by atoms with E-state index in [1.807, 2.05) is 0 Å². The fraction of sp³-hybridized carbons (Fsp3) is 0.933. The Labute approximate surface area is 109 Å². The summed E-state index contributed by atoms with van der Waals surface area (Å²) in [6.45, 7) is 0.200. The van der Waals surface area contributed by atoms with Gasteiger partial charge in [-0.05, 0) is 68.6 Å². The average Bonchev–Trinajstić information content (AvgIpc) is 2.33. The highest BCUT2D eigenvalue weighted by Crippen LogP contribution is 2.53. The summed E-state index contributed by atoms with van der Waals surface area (Å²) in [5.74, 6) is 3.68. The SMILES string of the molecule is O=C(CCCCO)NC1C2CC3CC(C2)CC1C3. The summed E-state index contributed by atoms with van der Waals surface area (Å²) in [5, 5.41) is 12.0. The number of nitrogens with one attached hydrogen (secondary N) is 1. The van der Waals surface area contributed by atoms with Crippen molar-refractivity contribution in [2.24, 2.45) is 23.7 Å². The number of aliphatic hydroxyl groups is 1. The summed E-state index contributed by atoms with van der Waals surface area (Å²) >= 11 is 0. The number of carbonyl (C=O) groups excluding carboxylic acids is 1. The zero-order valence-corrected chi connectivity index (χ0v) is 11.1. The molecule has 102 valence electrons. The molecule has 0 atom stereocenters. The molecule has 18 heavy (non-hydrogen) atoms. The van der Waals surface area contributed by atoms with E-state index < -0.39 is 0 Å². The van der Waals surface area contributed by atoms with Crippen molar-refractivity contribution in [1.29, 1.82) is 0 Å². The third kappa shape index (κ3) is 2.42. The van der Waals surface area contributed by atoms with Crippen molar-refractivity contribution < 1.29 is 9.90 Å². The number of rotatable bonds is 5. The van der Waals surface area contributed by atoms with Crippen LogP contribution in [0.5, 0.6) is 0 Å². The topological polar surface area (TPSA) is 49.3 Å². The van der Waals surface area contributed by atoms with Gasteiger partial charge < -0.3 is 10.4 Å². The van der Waals surface area contributed by atoms with Gasteiger partial charge in [-0.25, -0.2) is 0 Å². The molecule has 0 radical (unpaired) electrons. The van der Waals surface area contributed by atoms with Crippen molar-refractivity contribution in [1.82, 2.24) is 5.32 Å². The van der Waals surface area contributed by atoms with Crippen molar-refractivity contribution in [3.63, 3.8) is 0 Å². The van der Waals surface area contributed by atoms with Gasteiger partial charge in [0.2, 0.25) is 5.91 Å². The van der Waals surface area contributed by atoms with Gasteiger partial charge in [0, 0.05) is 19.1 Å². The molecule has 3 nitrogen and oxygen atoms in total. The van der Waals surface area contributed by atoms with Gasteiger partial charge in [0.1, 0.15) is 0 Å². The average molecular weight is 251 g/mol.